The molecule has 1 heterocycles. The van der Waals surface area contributed by atoms with Gasteiger partial charge in [0.25, 0.3) is 11.8 Å². The van der Waals surface area contributed by atoms with Crippen LogP contribution in [0, 0.1) is 13.8 Å². The van der Waals surface area contributed by atoms with Crippen molar-refractivity contribution >= 4 is 28.8 Å². The zero-order chi connectivity index (χ0) is 24.1. The molecule has 2 aromatic rings. The molecular weight excluding hydrogens is 418 g/mol. The summed E-state index contributed by atoms with van der Waals surface area (Å²) in [5.74, 6) is -0.662. The zero-order valence-electron chi connectivity index (χ0n) is 20.3. The minimum absolute atomic E-state index is 0.325. The Morgan fingerprint density at radius 3 is 2.09 bits per heavy atom. The zero-order valence-corrected chi connectivity index (χ0v) is 20.3. The van der Waals surface area contributed by atoms with Crippen molar-refractivity contribution in [3.8, 4) is 0 Å². The van der Waals surface area contributed by atoms with E-state index in [0.717, 1.165) is 22.4 Å². The van der Waals surface area contributed by atoms with Crippen LogP contribution >= 0.6 is 0 Å². The lowest BCUT2D eigenvalue weighted by molar-refractivity contribution is -0.120. The summed E-state index contributed by atoms with van der Waals surface area (Å²) in [5.41, 5.74) is 5.17. The molecule has 7 heteroatoms. The molecule has 0 aromatic heterocycles. The average molecular weight is 452 g/mol. The van der Waals surface area contributed by atoms with E-state index < -0.39 is 0 Å². The highest BCUT2D eigenvalue weighted by molar-refractivity contribution is 6.45. The quantitative estimate of drug-likeness (QED) is 0.517. The number of hydrogen-bond acceptors (Lipinski definition) is 6. The normalized spacial score (nSPS) is 13.8. The van der Waals surface area contributed by atoms with Crippen LogP contribution in [0.15, 0.2) is 48.2 Å². The van der Waals surface area contributed by atoms with E-state index in [-0.39, 0.29) is 11.8 Å². The van der Waals surface area contributed by atoms with Crippen molar-refractivity contribution in [1.82, 2.24) is 4.90 Å². The summed E-state index contributed by atoms with van der Waals surface area (Å²) in [7, 11) is 7.09. The molecule has 0 saturated carbocycles. The van der Waals surface area contributed by atoms with Crippen LogP contribution in [-0.2, 0) is 19.1 Å². The molecular formula is C26H33N3O4. The number of ether oxygens (including phenoxy) is 2. The number of amides is 2. The summed E-state index contributed by atoms with van der Waals surface area (Å²) < 4.78 is 10.6. The Labute approximate surface area is 196 Å². The Hall–Kier alpha value is -3.16. The van der Waals surface area contributed by atoms with Gasteiger partial charge >= 0.3 is 0 Å². The minimum Gasteiger partial charge on any atom is -0.383 e. The molecule has 0 atom stereocenters. The standard InChI is InChI=1S/C26H33N3O4/c1-18-10-11-20(16-19(18)2)23-24(28(12-14-32-5)13-15-33-6)26(31)29(25(23)30)22-9-7-8-21(17-22)27(3)4/h7-11,16-17H,12-15H2,1-6H3. The maximum atomic E-state index is 13.8. The smallest absolute Gasteiger partial charge is 0.282 e. The summed E-state index contributed by atoms with van der Waals surface area (Å²) in [6.45, 7) is 5.81. The highest BCUT2D eigenvalue weighted by Gasteiger charge is 2.42. The van der Waals surface area contributed by atoms with Crippen molar-refractivity contribution < 1.29 is 19.1 Å². The van der Waals surface area contributed by atoms with Crippen LogP contribution in [0.5, 0.6) is 0 Å². The van der Waals surface area contributed by atoms with E-state index in [9.17, 15) is 9.59 Å². The second-order valence-corrected chi connectivity index (χ2v) is 8.36. The lowest BCUT2D eigenvalue weighted by atomic mass is 9.99. The number of imide groups is 1. The number of hydrogen-bond donors (Lipinski definition) is 0. The first-order chi connectivity index (χ1) is 15.8. The van der Waals surface area contributed by atoms with Crippen LogP contribution in [-0.4, -0.2) is 71.3 Å². The third-order valence-corrected chi connectivity index (χ3v) is 5.91. The largest absolute Gasteiger partial charge is 0.383 e. The van der Waals surface area contributed by atoms with Gasteiger partial charge in [0.15, 0.2) is 0 Å². The Bertz CT molecular complexity index is 1050. The summed E-state index contributed by atoms with van der Waals surface area (Å²) in [6, 6.07) is 13.3. The lowest BCUT2D eigenvalue weighted by Crippen LogP contribution is -2.37. The second kappa shape index (κ2) is 10.6. The maximum absolute atomic E-state index is 13.8. The second-order valence-electron chi connectivity index (χ2n) is 8.36. The molecule has 1 aliphatic heterocycles. The molecule has 0 radical (unpaired) electrons. The van der Waals surface area contributed by atoms with Crippen molar-refractivity contribution in [2.75, 3.05) is 64.4 Å². The van der Waals surface area contributed by atoms with Gasteiger partial charge in [-0.15, -0.1) is 0 Å². The first-order valence-corrected chi connectivity index (χ1v) is 11.0. The van der Waals surface area contributed by atoms with Crippen LogP contribution in [0.3, 0.4) is 0 Å². The van der Waals surface area contributed by atoms with Crippen molar-refractivity contribution in [3.63, 3.8) is 0 Å². The van der Waals surface area contributed by atoms with Gasteiger partial charge in [-0.2, -0.15) is 0 Å². The number of benzene rings is 2. The number of rotatable bonds is 10. The molecule has 2 amide bonds. The van der Waals surface area contributed by atoms with Gasteiger partial charge in [-0.3, -0.25) is 9.59 Å². The topological polar surface area (TPSA) is 62.3 Å². The van der Waals surface area contributed by atoms with Gasteiger partial charge in [0.2, 0.25) is 0 Å². The van der Waals surface area contributed by atoms with Gasteiger partial charge in [-0.05, 0) is 48.7 Å². The number of aryl methyl sites for hydroxylation is 2. The molecule has 7 nitrogen and oxygen atoms in total. The lowest BCUT2D eigenvalue weighted by Gasteiger charge is -2.26. The molecule has 0 unspecified atom stereocenters. The number of anilines is 2. The van der Waals surface area contributed by atoms with Crippen LogP contribution in [0.2, 0.25) is 0 Å². The fraction of sp³-hybridized carbons (Fsp3) is 0.385. The fourth-order valence-electron chi connectivity index (χ4n) is 3.85. The Balaban J connectivity index is 2.16. The minimum atomic E-state index is -0.337. The van der Waals surface area contributed by atoms with Crippen LogP contribution in [0.1, 0.15) is 16.7 Å². The summed E-state index contributed by atoms with van der Waals surface area (Å²) in [6.07, 6.45) is 0. The molecule has 0 N–H and O–H groups in total. The number of nitrogens with zero attached hydrogens (tertiary/aromatic N) is 3. The number of carbonyl (C=O) groups excluding carboxylic acids is 2. The molecule has 0 bridgehead atoms. The molecule has 0 fully saturated rings. The molecule has 0 spiro atoms. The first-order valence-electron chi connectivity index (χ1n) is 11.0. The van der Waals surface area contributed by atoms with Crippen molar-refractivity contribution in [3.05, 3.63) is 64.9 Å². The van der Waals surface area contributed by atoms with Gasteiger partial charge in [0.1, 0.15) is 5.70 Å². The molecule has 0 saturated heterocycles. The third-order valence-electron chi connectivity index (χ3n) is 5.91. The molecule has 3 rings (SSSR count). The maximum Gasteiger partial charge on any atom is 0.282 e. The molecule has 0 aliphatic carbocycles. The Kier molecular flexibility index (Phi) is 7.89. The predicted octanol–water partition coefficient (Wildman–Crippen LogP) is 3.25. The van der Waals surface area contributed by atoms with Gasteiger partial charge < -0.3 is 19.3 Å². The number of methoxy groups -OCH3 is 2. The van der Waals surface area contributed by atoms with Gasteiger partial charge in [-0.1, -0.05) is 24.3 Å². The average Bonchev–Trinajstić information content (AvgIpc) is 3.06. The van der Waals surface area contributed by atoms with E-state index in [1.165, 1.54) is 4.90 Å². The van der Waals surface area contributed by atoms with Gasteiger partial charge in [0.05, 0.1) is 24.5 Å². The van der Waals surface area contributed by atoms with Gasteiger partial charge in [-0.25, -0.2) is 4.90 Å². The Morgan fingerprint density at radius 2 is 1.52 bits per heavy atom. The van der Waals surface area contributed by atoms with E-state index in [2.05, 4.69) is 0 Å². The molecule has 33 heavy (non-hydrogen) atoms. The Morgan fingerprint density at radius 1 is 0.848 bits per heavy atom. The van der Waals surface area contributed by atoms with Crippen molar-refractivity contribution in [2.45, 2.75) is 13.8 Å². The first kappa shape index (κ1) is 24.5. The third kappa shape index (κ3) is 5.10. The van der Waals surface area contributed by atoms with E-state index in [0.29, 0.717) is 43.3 Å². The fourth-order valence-corrected chi connectivity index (χ4v) is 3.85. The van der Waals surface area contributed by atoms with Crippen molar-refractivity contribution in [2.24, 2.45) is 0 Å². The van der Waals surface area contributed by atoms with Crippen molar-refractivity contribution in [1.29, 1.82) is 0 Å². The predicted molar refractivity (Wildman–Crippen MR) is 131 cm³/mol. The van der Waals surface area contributed by atoms with Crippen LogP contribution in [0.4, 0.5) is 11.4 Å². The SMILES string of the molecule is COCCN(CCOC)C1=C(c2ccc(C)c(C)c2)C(=O)N(c2cccc(N(C)C)c2)C1=O. The highest BCUT2D eigenvalue weighted by atomic mass is 16.5. The molecule has 176 valence electrons. The highest BCUT2D eigenvalue weighted by Crippen LogP contribution is 2.36. The summed E-state index contributed by atoms with van der Waals surface area (Å²) in [4.78, 5) is 32.7. The van der Waals surface area contributed by atoms with E-state index in [1.54, 1.807) is 20.3 Å². The number of carbonyl (C=O) groups is 2. The monoisotopic (exact) mass is 451 g/mol. The summed E-state index contributed by atoms with van der Waals surface area (Å²) in [5, 5.41) is 0. The molecule has 2 aromatic carbocycles. The van der Waals surface area contributed by atoms with E-state index in [1.807, 2.05) is 74.1 Å². The summed E-state index contributed by atoms with van der Waals surface area (Å²) >= 11 is 0. The van der Waals surface area contributed by atoms with Crippen LogP contribution < -0.4 is 9.80 Å². The van der Waals surface area contributed by atoms with Crippen LogP contribution in [0.25, 0.3) is 5.57 Å². The van der Waals surface area contributed by atoms with Gasteiger partial charge in [0, 0.05) is 47.1 Å². The molecule has 1 aliphatic rings. The van der Waals surface area contributed by atoms with E-state index in [4.69, 9.17) is 9.47 Å². The van der Waals surface area contributed by atoms with E-state index >= 15 is 0 Å².